The van der Waals surface area contributed by atoms with Gasteiger partial charge in [0, 0.05) is 49.6 Å². The Morgan fingerprint density at radius 2 is 0.375 bits per heavy atom. The van der Waals surface area contributed by atoms with Crippen LogP contribution in [0.3, 0.4) is 0 Å². The van der Waals surface area contributed by atoms with E-state index in [-0.39, 0.29) is 77.9 Å². The molecule has 10 rings (SSSR count). The number of nitrogens with zero attached hydrogens (tertiary/aromatic N) is 4. The summed E-state index contributed by atoms with van der Waals surface area (Å²) < 4.78 is 236. The molecule has 0 bridgehead atoms. The fourth-order valence-electron chi connectivity index (χ4n) is 7.30. The molecular formula is C80H76Cl4F12N4O20Ru4S4. The predicted molar refractivity (Wildman–Crippen MR) is 430 cm³/mol. The summed E-state index contributed by atoms with van der Waals surface area (Å²) in [4.78, 5) is 58.6. The molecular weight excluding hydrogens is 2240 g/mol. The molecule has 128 heavy (non-hydrogen) atoms. The summed E-state index contributed by atoms with van der Waals surface area (Å²) in [6.07, 6.45) is 22.5. The number of hydrogen-bond donors (Lipinski definition) is 0. The molecule has 48 heteroatoms. The number of alkyl halides is 12. The standard InChI is InChI=1S/2C12H10N2.4C10H14.2C6H2Cl2O4.4CHF3O3S.4Ru/c2*1(11-3-7-13-8-4-11)2-12-5-9-14-10-6-12;4*1-8(2)10-6-4-9(3)5-7-10;2*7-1-3(9)5(11)2(8)6(12)4(1)10;4*2-1(3,4)8(5,6)7;;;;/h2*1-10H;4*4-8H,1-3H3;2*9,12H;4*(H,5,6,7);;;;/q;;;;;;;;;;;;4*+2/p-8/b2*2-1+;;;;;;;;;;;;;;. The van der Waals surface area contributed by atoms with Crippen LogP contribution in [0.25, 0.3) is 24.3 Å². The van der Waals surface area contributed by atoms with Crippen LogP contribution < -0.4 is 20.4 Å². The number of pyridine rings is 4. The van der Waals surface area contributed by atoms with Crippen molar-refractivity contribution in [2.45, 2.75) is 129 Å². The SMILES string of the molecule is C(=C\c1ccncc1)/c1ccncc1.C(=C\c1ccncc1)/c1ccncc1.Cc1ccc(C(C)C)cc1.Cc1ccc(C(C)C)cc1.Cc1ccc(C(C)C)cc1.Cc1ccc(C(C)C)cc1.O=C1C([O-])=C(Cl)C(=O)C([O-])=C1Cl.O=C1C([O-])=C(Cl)C(=O)C([O-])=C1Cl.O=S(=O)([O-])C(F)(F)F.O=S(=O)([O-])C(F)(F)F.O=S(=O)([O-])C(F)(F)F.O=S(=O)([O-])C(F)(F)F.[Ru+2].[Ru+2].[Ru+2].[Ru+2]. The Morgan fingerprint density at radius 1 is 0.266 bits per heavy atom. The average Bonchev–Trinajstić information content (AvgIpc) is 0.810. The van der Waals surface area contributed by atoms with Crippen LogP contribution in [-0.4, -0.2) is 117 Å². The number of benzene rings is 4. The van der Waals surface area contributed by atoms with Crippen molar-refractivity contribution in [1.82, 2.24) is 19.9 Å². The Bertz CT molecular complexity index is 4690. The van der Waals surface area contributed by atoms with Gasteiger partial charge in [0.2, 0.25) is 0 Å². The summed E-state index contributed by atoms with van der Waals surface area (Å²) in [5, 5.41) is 39.2. The second-order valence-electron chi connectivity index (χ2n) is 25.5. The quantitative estimate of drug-likeness (QED) is 0.0448. The average molecular weight is 2320 g/mol. The van der Waals surface area contributed by atoms with E-state index < -0.39 is 129 Å². The van der Waals surface area contributed by atoms with Crippen LogP contribution in [0.1, 0.15) is 146 Å². The van der Waals surface area contributed by atoms with Gasteiger partial charge in [-0.3, -0.25) is 39.1 Å². The number of ketones is 4. The van der Waals surface area contributed by atoms with E-state index in [1.807, 2.05) is 48.5 Å². The molecule has 2 aliphatic rings. The topological polar surface area (TPSA) is 441 Å². The maximum absolute atomic E-state index is 10.7. The van der Waals surface area contributed by atoms with Crippen LogP contribution in [0, 0.1) is 27.7 Å². The van der Waals surface area contributed by atoms with Crippen LogP contribution in [-0.2, 0) is 138 Å². The fraction of sp³-hybridized carbons (Fsp3) is 0.250. The molecule has 0 radical (unpaired) electrons. The molecule has 0 spiro atoms. The first-order chi connectivity index (χ1) is 56.6. The zero-order valence-electron chi connectivity index (χ0n) is 68.1. The number of rotatable bonds is 8. The number of hydrogen-bond acceptors (Lipinski definition) is 24. The first kappa shape index (κ1) is 131. The van der Waals surface area contributed by atoms with Crippen molar-refractivity contribution in [3.05, 3.63) is 305 Å². The second kappa shape index (κ2) is 61.8. The van der Waals surface area contributed by atoms with Gasteiger partial charge >= 0.3 is 99.9 Å². The van der Waals surface area contributed by atoms with Crippen LogP contribution in [0.5, 0.6) is 0 Å². The summed E-state index contributed by atoms with van der Waals surface area (Å²) in [5.41, 5.74) is -6.95. The Labute approximate surface area is 803 Å². The Kier molecular flexibility index (Phi) is 63.3. The van der Waals surface area contributed by atoms with Crippen molar-refractivity contribution in [1.29, 1.82) is 0 Å². The number of aromatic nitrogens is 4. The predicted octanol–water partition coefficient (Wildman–Crippen LogP) is 15.5. The molecule has 0 fully saturated rings. The van der Waals surface area contributed by atoms with Gasteiger partial charge < -0.3 is 38.6 Å². The molecule has 0 unspecified atom stereocenters. The zero-order chi connectivity index (χ0) is 96.5. The van der Waals surface area contributed by atoms with E-state index in [0.717, 1.165) is 22.3 Å². The number of Topliss-reactive ketones (excluding diaryl/α,β-unsaturated/α-hetero) is 4. The van der Waals surface area contributed by atoms with Crippen molar-refractivity contribution in [2.24, 2.45) is 0 Å². The van der Waals surface area contributed by atoms with Gasteiger partial charge in [0.1, 0.15) is 0 Å². The van der Waals surface area contributed by atoms with Gasteiger partial charge in [-0.25, -0.2) is 33.7 Å². The van der Waals surface area contributed by atoms with Gasteiger partial charge in [-0.2, -0.15) is 52.7 Å². The molecule has 4 heterocycles. The van der Waals surface area contributed by atoms with Crippen molar-refractivity contribution in [2.75, 3.05) is 0 Å². The third kappa shape index (κ3) is 53.5. The molecule has 0 saturated heterocycles. The van der Waals surface area contributed by atoms with Gasteiger partial charge in [-0.15, -0.1) is 0 Å². The molecule has 0 atom stereocenters. The third-order valence-corrected chi connectivity index (χ3v) is 17.9. The maximum atomic E-state index is 10.7. The summed E-state index contributed by atoms with van der Waals surface area (Å²) in [6.45, 7) is 26.2. The number of aryl methyl sites for hydroxylation is 4. The molecule has 4 aromatic carbocycles. The first-order valence-corrected chi connectivity index (χ1v) is 41.5. The van der Waals surface area contributed by atoms with Gasteiger partial charge in [0.05, 0.1) is 20.1 Å². The van der Waals surface area contributed by atoms with Gasteiger partial charge in [0.25, 0.3) is 0 Å². The zero-order valence-corrected chi connectivity index (χ0v) is 81.4. The molecule has 0 amide bonds. The normalized spacial score (nSPS) is 12.7. The summed E-state index contributed by atoms with van der Waals surface area (Å²) in [7, 11) is -24.4. The van der Waals surface area contributed by atoms with Crippen molar-refractivity contribution in [3.8, 4) is 0 Å². The number of allylic oxidation sites excluding steroid dienone is 4. The molecule has 0 saturated carbocycles. The number of halogens is 16. The first-order valence-electron chi connectivity index (χ1n) is 34.4. The molecule has 0 N–H and O–H groups in total. The van der Waals surface area contributed by atoms with Crippen molar-refractivity contribution < 1.29 is 222 Å². The maximum Gasteiger partial charge on any atom is 2.00 e. The minimum Gasteiger partial charge on any atom is -0.869 e. The monoisotopic (exact) mass is 2320 g/mol. The van der Waals surface area contributed by atoms with E-state index in [2.05, 4.69) is 224 Å². The molecule has 0 aliphatic heterocycles. The van der Waals surface area contributed by atoms with Crippen LogP contribution >= 0.6 is 46.4 Å². The van der Waals surface area contributed by atoms with Gasteiger partial charge in [-0.05, 0) is 167 Å². The van der Waals surface area contributed by atoms with Crippen molar-refractivity contribution in [3.63, 3.8) is 0 Å². The van der Waals surface area contributed by atoms with Crippen LogP contribution in [0.2, 0.25) is 0 Å². The minimum atomic E-state index is -6.09. The van der Waals surface area contributed by atoms with Crippen LogP contribution in [0.15, 0.2) is 238 Å². The minimum absolute atomic E-state index is 0. The van der Waals surface area contributed by atoms with E-state index in [0.29, 0.717) is 23.7 Å². The largest absolute Gasteiger partial charge is 2.00 e. The van der Waals surface area contributed by atoms with Gasteiger partial charge in [-0.1, -0.05) is 245 Å². The van der Waals surface area contributed by atoms with E-state index >= 15 is 0 Å². The molecule has 704 valence electrons. The molecule has 24 nitrogen and oxygen atoms in total. The van der Waals surface area contributed by atoms with Crippen molar-refractivity contribution >= 4 is 134 Å². The Balaban J connectivity index is -0.000000318. The van der Waals surface area contributed by atoms with Crippen LogP contribution in [0.4, 0.5) is 52.7 Å². The van der Waals surface area contributed by atoms with Gasteiger partial charge in [0.15, 0.2) is 63.6 Å². The second-order valence-corrected chi connectivity index (χ2v) is 32.5. The molecule has 4 aromatic heterocycles. The fourth-order valence-corrected chi connectivity index (χ4v) is 7.98. The number of carbonyl (C=O) groups is 4. The van der Waals surface area contributed by atoms with E-state index in [9.17, 15) is 92.3 Å². The molecule has 8 aromatic rings. The number of carbonyl (C=O) groups excluding carboxylic acids is 4. The third-order valence-electron chi connectivity index (χ3n) is 14.3. The Hall–Kier alpha value is -7.75. The molecule has 2 aliphatic carbocycles. The summed E-state index contributed by atoms with van der Waals surface area (Å²) in [6, 6.07) is 50.6. The summed E-state index contributed by atoms with van der Waals surface area (Å²) in [5.74, 6) is -7.23. The Morgan fingerprint density at radius 3 is 0.469 bits per heavy atom. The summed E-state index contributed by atoms with van der Waals surface area (Å²) >= 11 is 20.3. The van der Waals surface area contributed by atoms with E-state index in [1.165, 1.54) is 44.5 Å². The van der Waals surface area contributed by atoms with E-state index in [1.54, 1.807) is 49.6 Å². The smallest absolute Gasteiger partial charge is 0.869 e. The van der Waals surface area contributed by atoms with E-state index in [4.69, 9.17) is 98.3 Å².